The number of aromatic nitrogens is 3. The number of hydrogen-bond donors (Lipinski definition) is 0. The number of para-hydroxylation sites is 1. The molecule has 1 heterocycles. The Bertz CT molecular complexity index is 524. The lowest BCUT2D eigenvalue weighted by Crippen LogP contribution is -2.16. The van der Waals surface area contributed by atoms with Crippen molar-refractivity contribution in [1.29, 1.82) is 0 Å². The first-order valence-corrected chi connectivity index (χ1v) is 4.94. The highest BCUT2D eigenvalue weighted by Crippen LogP contribution is 2.23. The lowest BCUT2D eigenvalue weighted by Gasteiger charge is -2.18. The van der Waals surface area contributed by atoms with Crippen LogP contribution in [0.4, 0.5) is 20.4 Å². The van der Waals surface area contributed by atoms with Crippen LogP contribution in [0.1, 0.15) is 5.56 Å². The van der Waals surface area contributed by atoms with Crippen LogP contribution in [0.2, 0.25) is 0 Å². The predicted molar refractivity (Wildman–Crippen MR) is 59.0 cm³/mol. The molecule has 1 aromatic heterocycles. The summed E-state index contributed by atoms with van der Waals surface area (Å²) in [5, 5.41) is 0. The van der Waals surface area contributed by atoms with Crippen LogP contribution in [0.15, 0.2) is 24.3 Å². The van der Waals surface area contributed by atoms with Gasteiger partial charge in [-0.3, -0.25) is 0 Å². The van der Waals surface area contributed by atoms with Gasteiger partial charge in [0.05, 0.1) is 0 Å². The molecule has 0 aliphatic heterocycles. The van der Waals surface area contributed by atoms with Crippen LogP contribution in [0.5, 0.6) is 0 Å². The van der Waals surface area contributed by atoms with Crippen LogP contribution in [-0.4, -0.2) is 22.0 Å². The molecule has 2 rings (SSSR count). The van der Waals surface area contributed by atoms with Crippen LogP contribution in [-0.2, 0) is 0 Å². The Hall–Kier alpha value is -2.11. The molecule has 4 nitrogen and oxygen atoms in total. The maximum atomic E-state index is 12.9. The van der Waals surface area contributed by atoms with Crippen molar-refractivity contribution in [2.24, 2.45) is 0 Å². The molecule has 0 bridgehead atoms. The quantitative estimate of drug-likeness (QED) is 0.801. The minimum Gasteiger partial charge on any atom is -0.313 e. The van der Waals surface area contributed by atoms with E-state index in [0.29, 0.717) is 0 Å². The van der Waals surface area contributed by atoms with E-state index in [2.05, 4.69) is 15.0 Å². The molecule has 0 unspecified atom stereocenters. The average molecular weight is 236 g/mol. The zero-order chi connectivity index (χ0) is 12.4. The molecule has 6 heteroatoms. The molecule has 0 saturated carbocycles. The Labute approximate surface area is 97.0 Å². The SMILES string of the molecule is Cc1ccccc1N(C)c1nc(F)nc(F)n1. The van der Waals surface area contributed by atoms with Gasteiger partial charge in [0.2, 0.25) is 5.95 Å². The maximum Gasteiger partial charge on any atom is 0.315 e. The second-order valence-electron chi connectivity index (χ2n) is 3.52. The van der Waals surface area contributed by atoms with E-state index < -0.39 is 12.2 Å². The number of halogens is 2. The van der Waals surface area contributed by atoms with E-state index in [1.165, 1.54) is 4.90 Å². The summed E-state index contributed by atoms with van der Waals surface area (Å²) in [6.45, 7) is 1.89. The van der Waals surface area contributed by atoms with Crippen LogP contribution in [0.3, 0.4) is 0 Å². The largest absolute Gasteiger partial charge is 0.315 e. The van der Waals surface area contributed by atoms with E-state index in [1.807, 2.05) is 31.2 Å². The zero-order valence-corrected chi connectivity index (χ0v) is 9.35. The van der Waals surface area contributed by atoms with E-state index in [1.54, 1.807) is 7.05 Å². The van der Waals surface area contributed by atoms with Crippen molar-refractivity contribution in [2.45, 2.75) is 6.92 Å². The smallest absolute Gasteiger partial charge is 0.313 e. The fourth-order valence-electron chi connectivity index (χ4n) is 1.51. The Morgan fingerprint density at radius 1 is 1.00 bits per heavy atom. The minimum atomic E-state index is -1.13. The van der Waals surface area contributed by atoms with Gasteiger partial charge >= 0.3 is 12.2 Å². The summed E-state index contributed by atoms with van der Waals surface area (Å²) >= 11 is 0. The summed E-state index contributed by atoms with van der Waals surface area (Å²) in [7, 11) is 1.64. The van der Waals surface area contributed by atoms with Crippen molar-refractivity contribution >= 4 is 11.6 Å². The highest BCUT2D eigenvalue weighted by molar-refractivity contribution is 5.60. The van der Waals surface area contributed by atoms with Crippen LogP contribution < -0.4 is 4.90 Å². The van der Waals surface area contributed by atoms with Gasteiger partial charge in [-0.15, -0.1) is 0 Å². The molecule has 0 amide bonds. The Balaban J connectivity index is 2.43. The summed E-state index contributed by atoms with van der Waals surface area (Å²) in [5.74, 6) is -0.0655. The molecular weight excluding hydrogens is 226 g/mol. The van der Waals surface area contributed by atoms with E-state index in [4.69, 9.17) is 0 Å². The minimum absolute atomic E-state index is 0.0655. The van der Waals surface area contributed by atoms with E-state index in [-0.39, 0.29) is 5.95 Å². The second kappa shape index (κ2) is 4.40. The third-order valence-electron chi connectivity index (χ3n) is 2.35. The zero-order valence-electron chi connectivity index (χ0n) is 9.35. The lowest BCUT2D eigenvalue weighted by molar-refractivity contribution is 0.455. The van der Waals surface area contributed by atoms with E-state index in [9.17, 15) is 8.78 Å². The highest BCUT2D eigenvalue weighted by Gasteiger charge is 2.12. The Morgan fingerprint density at radius 3 is 2.18 bits per heavy atom. The summed E-state index contributed by atoms with van der Waals surface area (Å²) in [6, 6.07) is 7.41. The molecule has 17 heavy (non-hydrogen) atoms. The Kier molecular flexibility index (Phi) is 2.95. The maximum absolute atomic E-state index is 12.9. The van der Waals surface area contributed by atoms with Gasteiger partial charge in [-0.05, 0) is 18.6 Å². The molecule has 0 aliphatic rings. The van der Waals surface area contributed by atoms with Gasteiger partial charge in [0.25, 0.3) is 0 Å². The summed E-state index contributed by atoms with van der Waals surface area (Å²) in [6.07, 6.45) is -2.26. The first-order chi connectivity index (χ1) is 8.08. The average Bonchev–Trinajstić information content (AvgIpc) is 2.27. The van der Waals surface area contributed by atoms with Gasteiger partial charge in [-0.2, -0.15) is 23.7 Å². The molecule has 2 aromatic rings. The number of aryl methyl sites for hydroxylation is 1. The number of rotatable bonds is 2. The summed E-state index contributed by atoms with van der Waals surface area (Å²) in [5.41, 5.74) is 1.73. The van der Waals surface area contributed by atoms with Gasteiger partial charge in [0.15, 0.2) is 0 Å². The third-order valence-corrected chi connectivity index (χ3v) is 2.35. The third kappa shape index (κ3) is 2.35. The topological polar surface area (TPSA) is 41.9 Å². The van der Waals surface area contributed by atoms with Crippen LogP contribution in [0, 0.1) is 19.1 Å². The van der Waals surface area contributed by atoms with Crippen LogP contribution in [0.25, 0.3) is 0 Å². The number of nitrogens with zero attached hydrogens (tertiary/aromatic N) is 4. The molecule has 0 atom stereocenters. The van der Waals surface area contributed by atoms with E-state index >= 15 is 0 Å². The standard InChI is InChI=1S/C11H10F2N4/c1-7-5-3-4-6-8(7)17(2)11-15-9(12)14-10(13)16-11/h3-6H,1-2H3. The van der Waals surface area contributed by atoms with Crippen molar-refractivity contribution in [2.75, 3.05) is 11.9 Å². The second-order valence-corrected chi connectivity index (χ2v) is 3.52. The highest BCUT2D eigenvalue weighted by atomic mass is 19.1. The van der Waals surface area contributed by atoms with Crippen molar-refractivity contribution in [3.05, 3.63) is 42.0 Å². The van der Waals surface area contributed by atoms with Crippen LogP contribution >= 0.6 is 0 Å². The molecule has 0 aliphatic carbocycles. The molecular formula is C11H10F2N4. The van der Waals surface area contributed by atoms with Gasteiger partial charge in [-0.1, -0.05) is 18.2 Å². The van der Waals surface area contributed by atoms with Crippen molar-refractivity contribution in [1.82, 2.24) is 15.0 Å². The Morgan fingerprint density at radius 2 is 1.59 bits per heavy atom. The monoisotopic (exact) mass is 236 g/mol. The van der Waals surface area contributed by atoms with Gasteiger partial charge in [-0.25, -0.2) is 0 Å². The molecule has 0 spiro atoms. The molecule has 0 saturated heterocycles. The predicted octanol–water partition coefficient (Wildman–Crippen LogP) is 2.23. The first-order valence-electron chi connectivity index (χ1n) is 4.94. The van der Waals surface area contributed by atoms with Crippen molar-refractivity contribution in [3.8, 4) is 0 Å². The normalized spacial score (nSPS) is 10.4. The van der Waals surface area contributed by atoms with Crippen molar-refractivity contribution < 1.29 is 8.78 Å². The molecule has 88 valence electrons. The first kappa shape index (κ1) is 11.4. The lowest BCUT2D eigenvalue weighted by atomic mass is 10.2. The summed E-state index contributed by atoms with van der Waals surface area (Å²) in [4.78, 5) is 11.3. The molecule has 0 fully saturated rings. The fourth-order valence-corrected chi connectivity index (χ4v) is 1.51. The van der Waals surface area contributed by atoms with Gasteiger partial charge in [0.1, 0.15) is 0 Å². The number of benzene rings is 1. The number of hydrogen-bond acceptors (Lipinski definition) is 4. The fraction of sp³-hybridized carbons (Fsp3) is 0.182. The molecule has 0 N–H and O–H groups in total. The molecule has 0 radical (unpaired) electrons. The van der Waals surface area contributed by atoms with Gasteiger partial charge in [0, 0.05) is 12.7 Å². The van der Waals surface area contributed by atoms with Gasteiger partial charge < -0.3 is 4.90 Å². The number of anilines is 2. The van der Waals surface area contributed by atoms with Crippen molar-refractivity contribution in [3.63, 3.8) is 0 Å². The van der Waals surface area contributed by atoms with E-state index in [0.717, 1.165) is 11.3 Å². The molecule has 1 aromatic carbocycles. The summed E-state index contributed by atoms with van der Waals surface area (Å²) < 4.78 is 25.8.